The van der Waals surface area contributed by atoms with Crippen molar-refractivity contribution < 1.29 is 19.1 Å². The fourth-order valence-electron chi connectivity index (χ4n) is 2.22. The number of nitrogens with zero attached hydrogens (tertiary/aromatic N) is 3. The molecule has 1 aromatic rings. The first-order valence-electron chi connectivity index (χ1n) is 7.41. The second kappa shape index (κ2) is 7.91. The Morgan fingerprint density at radius 2 is 1.91 bits per heavy atom. The summed E-state index contributed by atoms with van der Waals surface area (Å²) in [5.41, 5.74) is 0.636. The molecule has 0 bridgehead atoms. The molecule has 1 aliphatic rings. The second-order valence-corrected chi connectivity index (χ2v) is 5.93. The molecule has 1 fully saturated rings. The summed E-state index contributed by atoms with van der Waals surface area (Å²) < 4.78 is 4.95. The number of thiazole rings is 1. The number of hydrogen-bond acceptors (Lipinski definition) is 6. The van der Waals surface area contributed by atoms with Crippen molar-refractivity contribution in [1.82, 2.24) is 14.8 Å². The van der Waals surface area contributed by atoms with Gasteiger partial charge in [-0.1, -0.05) is 0 Å². The number of aromatic nitrogens is 1. The standard InChI is InChI=1S/C14H20N4O4S/c1-3-22-14(21)18-6-4-17(5-7-18)12(20)8-11-9-23-13(16-11)15-10(2)19/h9H,3-8H2,1-2H3,(H,15,16,19). The van der Waals surface area contributed by atoms with E-state index in [0.717, 1.165) is 0 Å². The fraction of sp³-hybridized carbons (Fsp3) is 0.571. The molecule has 1 aromatic heterocycles. The van der Waals surface area contributed by atoms with E-state index >= 15 is 0 Å². The lowest BCUT2D eigenvalue weighted by atomic mass is 10.2. The van der Waals surface area contributed by atoms with Crippen molar-refractivity contribution in [2.75, 3.05) is 38.1 Å². The number of carbonyl (C=O) groups is 3. The van der Waals surface area contributed by atoms with Crippen LogP contribution < -0.4 is 5.32 Å². The number of nitrogens with one attached hydrogen (secondary N) is 1. The van der Waals surface area contributed by atoms with E-state index in [4.69, 9.17) is 4.74 Å². The predicted octanol–water partition coefficient (Wildman–Crippen LogP) is 0.945. The smallest absolute Gasteiger partial charge is 0.409 e. The van der Waals surface area contributed by atoms with Gasteiger partial charge in [0.05, 0.1) is 18.7 Å². The van der Waals surface area contributed by atoms with Crippen molar-refractivity contribution in [1.29, 1.82) is 0 Å². The van der Waals surface area contributed by atoms with Gasteiger partial charge in [-0.25, -0.2) is 9.78 Å². The topological polar surface area (TPSA) is 91.8 Å². The molecule has 0 unspecified atom stereocenters. The Hall–Kier alpha value is -2.16. The highest BCUT2D eigenvalue weighted by Gasteiger charge is 2.25. The molecule has 0 spiro atoms. The molecular weight excluding hydrogens is 320 g/mol. The summed E-state index contributed by atoms with van der Waals surface area (Å²) >= 11 is 1.29. The third-order valence-corrected chi connectivity index (χ3v) is 4.13. The predicted molar refractivity (Wildman–Crippen MR) is 85.3 cm³/mol. The first-order chi connectivity index (χ1) is 11.0. The minimum atomic E-state index is -0.334. The van der Waals surface area contributed by atoms with Crippen molar-refractivity contribution in [3.63, 3.8) is 0 Å². The summed E-state index contributed by atoms with van der Waals surface area (Å²) in [6.45, 7) is 5.44. The zero-order valence-corrected chi connectivity index (χ0v) is 14.0. The Kier molecular flexibility index (Phi) is 5.91. The van der Waals surface area contributed by atoms with Crippen LogP contribution in [0.4, 0.5) is 9.93 Å². The van der Waals surface area contributed by atoms with Gasteiger partial charge in [-0.15, -0.1) is 11.3 Å². The van der Waals surface area contributed by atoms with Crippen LogP contribution in [0.15, 0.2) is 5.38 Å². The molecule has 0 atom stereocenters. The molecule has 8 nitrogen and oxygen atoms in total. The summed E-state index contributed by atoms with van der Waals surface area (Å²) in [5, 5.41) is 4.85. The highest BCUT2D eigenvalue weighted by Crippen LogP contribution is 2.16. The number of amides is 3. The van der Waals surface area contributed by atoms with Crippen LogP contribution in [0.1, 0.15) is 19.5 Å². The lowest BCUT2D eigenvalue weighted by Crippen LogP contribution is -2.51. The highest BCUT2D eigenvalue weighted by molar-refractivity contribution is 7.13. The van der Waals surface area contributed by atoms with Gasteiger partial charge in [0.25, 0.3) is 0 Å². The van der Waals surface area contributed by atoms with Gasteiger partial charge in [-0.05, 0) is 6.92 Å². The monoisotopic (exact) mass is 340 g/mol. The van der Waals surface area contributed by atoms with Gasteiger partial charge in [0.1, 0.15) is 0 Å². The van der Waals surface area contributed by atoms with E-state index in [1.54, 1.807) is 22.1 Å². The lowest BCUT2D eigenvalue weighted by molar-refractivity contribution is -0.132. The molecule has 0 saturated carbocycles. The third-order valence-electron chi connectivity index (χ3n) is 3.33. The minimum absolute atomic E-state index is 0.0341. The van der Waals surface area contributed by atoms with Gasteiger partial charge in [0, 0.05) is 38.5 Å². The maximum atomic E-state index is 12.3. The maximum Gasteiger partial charge on any atom is 0.409 e. The summed E-state index contributed by atoms with van der Waals surface area (Å²) in [6, 6.07) is 0. The van der Waals surface area contributed by atoms with Gasteiger partial charge in [0.15, 0.2) is 5.13 Å². The molecule has 0 radical (unpaired) electrons. The average Bonchev–Trinajstić information content (AvgIpc) is 2.93. The normalized spacial score (nSPS) is 14.5. The quantitative estimate of drug-likeness (QED) is 0.881. The van der Waals surface area contributed by atoms with E-state index < -0.39 is 0 Å². The average molecular weight is 340 g/mol. The van der Waals surface area contributed by atoms with E-state index in [1.165, 1.54) is 18.3 Å². The van der Waals surface area contributed by atoms with E-state index in [-0.39, 0.29) is 24.3 Å². The Bertz CT molecular complexity index is 581. The number of hydrogen-bond donors (Lipinski definition) is 1. The van der Waals surface area contributed by atoms with Crippen LogP contribution in [-0.2, 0) is 20.7 Å². The number of anilines is 1. The zero-order chi connectivity index (χ0) is 16.8. The fourth-order valence-corrected chi connectivity index (χ4v) is 2.97. The molecule has 1 N–H and O–H groups in total. The molecule has 2 rings (SSSR count). The van der Waals surface area contributed by atoms with E-state index in [9.17, 15) is 14.4 Å². The maximum absolute atomic E-state index is 12.3. The third kappa shape index (κ3) is 4.92. The number of piperazine rings is 1. The summed E-state index contributed by atoms with van der Waals surface area (Å²) in [7, 11) is 0. The lowest BCUT2D eigenvalue weighted by Gasteiger charge is -2.34. The summed E-state index contributed by atoms with van der Waals surface area (Å²) in [6.07, 6.45) is -0.144. The second-order valence-electron chi connectivity index (χ2n) is 5.07. The molecule has 2 heterocycles. The molecule has 9 heteroatoms. The molecule has 1 saturated heterocycles. The van der Waals surface area contributed by atoms with Crippen molar-refractivity contribution in [2.24, 2.45) is 0 Å². The number of rotatable bonds is 4. The summed E-state index contributed by atoms with van der Waals surface area (Å²) in [5.74, 6) is -0.222. The van der Waals surface area contributed by atoms with Crippen LogP contribution >= 0.6 is 11.3 Å². The van der Waals surface area contributed by atoms with Crippen LogP contribution in [0.3, 0.4) is 0 Å². The van der Waals surface area contributed by atoms with Crippen LogP contribution in [0, 0.1) is 0 Å². The Labute approximate surface area is 138 Å². The van der Waals surface area contributed by atoms with Gasteiger partial charge < -0.3 is 19.9 Å². The Morgan fingerprint density at radius 3 is 2.52 bits per heavy atom. The molecule has 3 amide bonds. The number of carbonyl (C=O) groups excluding carboxylic acids is 3. The van der Waals surface area contributed by atoms with Gasteiger partial charge in [-0.3, -0.25) is 9.59 Å². The molecule has 126 valence electrons. The van der Waals surface area contributed by atoms with E-state index in [0.29, 0.717) is 43.6 Å². The van der Waals surface area contributed by atoms with Crippen LogP contribution in [0.5, 0.6) is 0 Å². The van der Waals surface area contributed by atoms with Crippen LogP contribution in [0.2, 0.25) is 0 Å². The molecule has 1 aliphatic heterocycles. The van der Waals surface area contributed by atoms with E-state index in [1.807, 2.05) is 0 Å². The van der Waals surface area contributed by atoms with E-state index in [2.05, 4.69) is 10.3 Å². The minimum Gasteiger partial charge on any atom is -0.450 e. The Morgan fingerprint density at radius 1 is 1.26 bits per heavy atom. The van der Waals surface area contributed by atoms with Crippen molar-refractivity contribution in [2.45, 2.75) is 20.3 Å². The van der Waals surface area contributed by atoms with Gasteiger partial charge in [0.2, 0.25) is 11.8 Å². The SMILES string of the molecule is CCOC(=O)N1CCN(C(=O)Cc2csc(NC(C)=O)n2)CC1. The van der Waals surface area contributed by atoms with Crippen LogP contribution in [0.25, 0.3) is 0 Å². The van der Waals surface area contributed by atoms with Gasteiger partial charge in [-0.2, -0.15) is 0 Å². The van der Waals surface area contributed by atoms with Crippen LogP contribution in [-0.4, -0.2) is 65.5 Å². The summed E-state index contributed by atoms with van der Waals surface area (Å²) in [4.78, 5) is 42.4. The first kappa shape index (κ1) is 17.2. The molecule has 23 heavy (non-hydrogen) atoms. The molecule has 0 aliphatic carbocycles. The van der Waals surface area contributed by atoms with Crippen molar-refractivity contribution >= 4 is 34.4 Å². The molecule has 0 aromatic carbocycles. The number of ether oxygens (including phenoxy) is 1. The van der Waals surface area contributed by atoms with Crippen molar-refractivity contribution in [3.05, 3.63) is 11.1 Å². The zero-order valence-electron chi connectivity index (χ0n) is 13.2. The largest absolute Gasteiger partial charge is 0.450 e. The highest BCUT2D eigenvalue weighted by atomic mass is 32.1. The van der Waals surface area contributed by atoms with Crippen molar-refractivity contribution in [3.8, 4) is 0 Å². The van der Waals surface area contributed by atoms with Gasteiger partial charge >= 0.3 is 6.09 Å². The Balaban J connectivity index is 1.82. The molecular formula is C14H20N4O4S. The first-order valence-corrected chi connectivity index (χ1v) is 8.29.